The highest BCUT2D eigenvalue weighted by Gasteiger charge is 2.11. The summed E-state index contributed by atoms with van der Waals surface area (Å²) in [6.07, 6.45) is 4.58. The predicted octanol–water partition coefficient (Wildman–Crippen LogP) is 3.98. The highest BCUT2D eigenvalue weighted by molar-refractivity contribution is 7.07. The first-order valence-corrected chi connectivity index (χ1v) is 9.60. The Labute approximate surface area is 174 Å². The Morgan fingerprint density at radius 1 is 1.00 bits per heavy atom. The van der Waals surface area contributed by atoms with Crippen molar-refractivity contribution >= 4 is 23.2 Å². The molecule has 7 nitrogen and oxygen atoms in total. The summed E-state index contributed by atoms with van der Waals surface area (Å²) in [6.45, 7) is 0. The van der Waals surface area contributed by atoms with E-state index < -0.39 is 17.2 Å². The normalized spacial score (nSPS) is 12.0. The minimum Gasteiger partial charge on any atom is -0.504 e. The lowest BCUT2D eigenvalue weighted by molar-refractivity contribution is 0.367. The van der Waals surface area contributed by atoms with E-state index in [1.807, 2.05) is 5.38 Å². The third kappa shape index (κ3) is 3.91. The molecule has 0 fully saturated rings. The number of hydrogen-bond donors (Lipinski definition) is 3. The van der Waals surface area contributed by atoms with E-state index in [1.54, 1.807) is 36.7 Å². The van der Waals surface area contributed by atoms with E-state index >= 15 is 0 Å². The van der Waals surface area contributed by atoms with Crippen molar-refractivity contribution in [2.24, 2.45) is 10.1 Å². The molecular weight excluding hydrogens is 407 g/mol. The standard InChI is InChI=1S/C21H15FN4O3S/c22-15-6-3-13(4-7-15)17-12-30-21(25-16-2-1-9-23-11-16)26(17)24-10-14-5-8-18(27)20(29)19(14)28/h1-12,27-29H. The highest BCUT2D eigenvalue weighted by atomic mass is 32.1. The van der Waals surface area contributed by atoms with E-state index in [-0.39, 0.29) is 11.4 Å². The van der Waals surface area contributed by atoms with Crippen molar-refractivity contribution in [1.82, 2.24) is 9.66 Å². The van der Waals surface area contributed by atoms with Gasteiger partial charge in [-0.2, -0.15) is 5.10 Å². The molecule has 4 aromatic rings. The largest absolute Gasteiger partial charge is 0.504 e. The number of rotatable bonds is 4. The van der Waals surface area contributed by atoms with Gasteiger partial charge >= 0.3 is 0 Å². The van der Waals surface area contributed by atoms with Crippen LogP contribution in [-0.2, 0) is 0 Å². The lowest BCUT2D eigenvalue weighted by Crippen LogP contribution is -2.11. The third-order valence-electron chi connectivity index (χ3n) is 4.17. The fourth-order valence-electron chi connectivity index (χ4n) is 2.65. The second-order valence-electron chi connectivity index (χ2n) is 6.16. The number of hydrogen-bond acceptors (Lipinski definition) is 7. The van der Waals surface area contributed by atoms with Gasteiger partial charge in [-0.15, -0.1) is 11.3 Å². The number of aromatic hydroxyl groups is 3. The quantitative estimate of drug-likeness (QED) is 0.342. The van der Waals surface area contributed by atoms with Crippen molar-refractivity contribution in [2.75, 3.05) is 0 Å². The number of benzene rings is 2. The van der Waals surface area contributed by atoms with Crippen LogP contribution in [0.25, 0.3) is 11.3 Å². The van der Waals surface area contributed by atoms with E-state index in [0.717, 1.165) is 5.56 Å². The fourth-order valence-corrected chi connectivity index (χ4v) is 3.50. The van der Waals surface area contributed by atoms with E-state index in [1.165, 1.54) is 46.5 Å². The van der Waals surface area contributed by atoms with Gasteiger partial charge in [-0.25, -0.2) is 14.1 Å². The smallest absolute Gasteiger partial charge is 0.211 e. The number of phenols is 3. The Kier molecular flexibility index (Phi) is 5.27. The molecule has 0 bridgehead atoms. The molecule has 0 aliphatic carbocycles. The molecule has 0 saturated heterocycles. The maximum atomic E-state index is 13.3. The van der Waals surface area contributed by atoms with Crippen molar-refractivity contribution < 1.29 is 19.7 Å². The molecular formula is C21H15FN4O3S. The van der Waals surface area contributed by atoms with Gasteiger partial charge in [0.1, 0.15) is 5.82 Å². The molecule has 0 amide bonds. The van der Waals surface area contributed by atoms with Gasteiger partial charge in [0.2, 0.25) is 10.6 Å². The maximum Gasteiger partial charge on any atom is 0.211 e. The van der Waals surface area contributed by atoms with Crippen LogP contribution in [-0.4, -0.2) is 31.2 Å². The molecule has 3 N–H and O–H groups in total. The SMILES string of the molecule is Oc1ccc(C=Nn2c(-c3ccc(F)cc3)csc2=Nc2cccnc2)c(O)c1O. The van der Waals surface area contributed by atoms with Crippen molar-refractivity contribution in [3.05, 3.63) is 82.5 Å². The number of pyridine rings is 1. The lowest BCUT2D eigenvalue weighted by atomic mass is 10.2. The van der Waals surface area contributed by atoms with Crippen LogP contribution in [0.15, 0.2) is 76.4 Å². The monoisotopic (exact) mass is 422 g/mol. The molecule has 0 aliphatic heterocycles. The zero-order valence-electron chi connectivity index (χ0n) is 15.3. The van der Waals surface area contributed by atoms with E-state index in [9.17, 15) is 19.7 Å². The molecule has 0 radical (unpaired) electrons. The fraction of sp³-hybridized carbons (Fsp3) is 0. The van der Waals surface area contributed by atoms with Crippen LogP contribution in [0.1, 0.15) is 5.56 Å². The predicted molar refractivity (Wildman–Crippen MR) is 112 cm³/mol. The van der Waals surface area contributed by atoms with Crippen LogP contribution >= 0.6 is 11.3 Å². The van der Waals surface area contributed by atoms with Crippen LogP contribution in [0.5, 0.6) is 17.2 Å². The number of thiazole rings is 1. The molecule has 2 aromatic heterocycles. The molecule has 0 unspecified atom stereocenters. The second-order valence-corrected chi connectivity index (χ2v) is 7.00. The molecule has 2 heterocycles. The zero-order chi connectivity index (χ0) is 21.1. The van der Waals surface area contributed by atoms with Crippen LogP contribution in [0.2, 0.25) is 0 Å². The summed E-state index contributed by atoms with van der Waals surface area (Å²) < 4.78 is 14.9. The molecule has 4 rings (SSSR count). The van der Waals surface area contributed by atoms with E-state index in [4.69, 9.17) is 0 Å². The summed E-state index contributed by atoms with van der Waals surface area (Å²) in [5.41, 5.74) is 2.19. The molecule has 30 heavy (non-hydrogen) atoms. The first-order chi connectivity index (χ1) is 14.5. The molecule has 0 atom stereocenters. The van der Waals surface area contributed by atoms with Gasteiger partial charge in [0.15, 0.2) is 11.5 Å². The van der Waals surface area contributed by atoms with Crippen LogP contribution in [0.3, 0.4) is 0 Å². The minimum atomic E-state index is -0.631. The lowest BCUT2D eigenvalue weighted by Gasteiger charge is -2.05. The average Bonchev–Trinajstić information content (AvgIpc) is 3.15. The van der Waals surface area contributed by atoms with Crippen molar-refractivity contribution in [1.29, 1.82) is 0 Å². The van der Waals surface area contributed by atoms with Crippen molar-refractivity contribution in [3.63, 3.8) is 0 Å². The molecule has 0 spiro atoms. The Bertz CT molecular complexity index is 1280. The number of phenolic OH excluding ortho intramolecular Hbond substituents is 3. The summed E-state index contributed by atoms with van der Waals surface area (Å²) in [5.74, 6) is -1.92. The summed E-state index contributed by atoms with van der Waals surface area (Å²) >= 11 is 1.32. The molecule has 2 aromatic carbocycles. The average molecular weight is 422 g/mol. The topological polar surface area (TPSA) is 103 Å². The van der Waals surface area contributed by atoms with Gasteiger partial charge in [-0.1, -0.05) is 0 Å². The summed E-state index contributed by atoms with van der Waals surface area (Å²) in [5, 5.41) is 35.5. The molecule has 0 aliphatic rings. The summed E-state index contributed by atoms with van der Waals surface area (Å²) in [7, 11) is 0. The summed E-state index contributed by atoms with van der Waals surface area (Å²) in [4.78, 5) is 9.11. The maximum absolute atomic E-state index is 13.3. The van der Waals surface area contributed by atoms with E-state index in [0.29, 0.717) is 16.2 Å². The second kappa shape index (κ2) is 8.18. The van der Waals surface area contributed by atoms with Crippen molar-refractivity contribution in [3.8, 4) is 28.5 Å². The van der Waals surface area contributed by atoms with Crippen LogP contribution in [0.4, 0.5) is 10.1 Å². The van der Waals surface area contributed by atoms with Gasteiger partial charge < -0.3 is 15.3 Å². The van der Waals surface area contributed by atoms with Gasteiger partial charge in [-0.3, -0.25) is 4.98 Å². The van der Waals surface area contributed by atoms with Gasteiger partial charge in [0.25, 0.3) is 0 Å². The Balaban J connectivity index is 1.85. The molecule has 0 saturated carbocycles. The van der Waals surface area contributed by atoms with Gasteiger partial charge in [0.05, 0.1) is 23.8 Å². The zero-order valence-corrected chi connectivity index (χ0v) is 16.2. The van der Waals surface area contributed by atoms with Crippen molar-refractivity contribution in [2.45, 2.75) is 0 Å². The Morgan fingerprint density at radius 2 is 1.80 bits per heavy atom. The van der Waals surface area contributed by atoms with Gasteiger partial charge in [-0.05, 0) is 48.5 Å². The first kappa shape index (κ1) is 19.3. The molecule has 9 heteroatoms. The Morgan fingerprint density at radius 3 is 2.53 bits per heavy atom. The van der Waals surface area contributed by atoms with E-state index in [2.05, 4.69) is 15.1 Å². The Hall–Kier alpha value is -3.98. The number of aromatic nitrogens is 2. The molecule has 150 valence electrons. The number of halogens is 1. The third-order valence-corrected chi connectivity index (χ3v) is 4.99. The van der Waals surface area contributed by atoms with Gasteiger partial charge in [0, 0.05) is 22.7 Å². The first-order valence-electron chi connectivity index (χ1n) is 8.72. The highest BCUT2D eigenvalue weighted by Crippen LogP contribution is 2.36. The van der Waals surface area contributed by atoms with Crippen LogP contribution in [0, 0.1) is 5.82 Å². The van der Waals surface area contributed by atoms with Crippen LogP contribution < -0.4 is 4.80 Å². The minimum absolute atomic E-state index is 0.196. The number of nitrogens with zero attached hydrogens (tertiary/aromatic N) is 4. The summed E-state index contributed by atoms with van der Waals surface area (Å²) in [6, 6.07) is 12.2.